The Morgan fingerprint density at radius 1 is 1.17 bits per heavy atom. The van der Waals surface area contributed by atoms with Crippen molar-refractivity contribution in [1.82, 2.24) is 0 Å². The van der Waals surface area contributed by atoms with E-state index in [1.54, 1.807) is 18.2 Å². The molecule has 1 N–H and O–H groups in total. The first kappa shape index (κ1) is 18.1. The number of hydrogen-bond acceptors (Lipinski definition) is 2. The summed E-state index contributed by atoms with van der Waals surface area (Å²) < 4.78 is 43.0. The molecule has 0 aliphatic rings. The number of benzene rings is 2. The molecule has 128 valence electrons. The summed E-state index contributed by atoms with van der Waals surface area (Å²) in [5.41, 5.74) is 0.141. The molecule has 2 aromatic carbocycles. The topological polar surface area (TPSA) is 38.3 Å². The number of alkyl halides is 3. The molecule has 1 amide bonds. The normalized spacial score (nSPS) is 11.2. The summed E-state index contributed by atoms with van der Waals surface area (Å²) in [5.74, 6) is 0.0978. The highest BCUT2D eigenvalue weighted by molar-refractivity contribution is 6.31. The number of nitrogens with one attached hydrogen (secondary N) is 1. The molecule has 24 heavy (non-hydrogen) atoms. The number of carbonyl (C=O) groups is 1. The van der Waals surface area contributed by atoms with Crippen LogP contribution in [0.3, 0.4) is 0 Å². The molecular weight excluding hydrogens is 343 g/mol. The number of halogens is 4. The van der Waals surface area contributed by atoms with Crippen molar-refractivity contribution in [1.29, 1.82) is 0 Å². The van der Waals surface area contributed by atoms with E-state index in [1.165, 1.54) is 12.1 Å². The minimum absolute atomic E-state index is 0.0593. The summed E-state index contributed by atoms with van der Waals surface area (Å²) in [7, 11) is 0. The van der Waals surface area contributed by atoms with E-state index in [0.29, 0.717) is 28.6 Å². The predicted octanol–water partition coefficient (Wildman–Crippen LogP) is 4.94. The van der Waals surface area contributed by atoms with Gasteiger partial charge in [-0.2, -0.15) is 13.2 Å². The van der Waals surface area contributed by atoms with Gasteiger partial charge in [0.05, 0.1) is 24.3 Å². The highest BCUT2D eigenvalue weighted by Crippen LogP contribution is 2.30. The SMILES string of the molecule is CCOc1ccc(Cl)cc1NC(=O)Cc1ccc(C(F)(F)F)cc1. The third kappa shape index (κ3) is 4.89. The van der Waals surface area contributed by atoms with Crippen LogP contribution in [0.2, 0.25) is 5.02 Å². The van der Waals surface area contributed by atoms with Crippen molar-refractivity contribution in [2.24, 2.45) is 0 Å². The van der Waals surface area contributed by atoms with Crippen LogP contribution in [0, 0.1) is 0 Å². The van der Waals surface area contributed by atoms with Crippen molar-refractivity contribution in [2.75, 3.05) is 11.9 Å². The third-order valence-corrected chi connectivity index (χ3v) is 3.40. The van der Waals surface area contributed by atoms with Crippen LogP contribution in [-0.2, 0) is 17.4 Å². The van der Waals surface area contributed by atoms with E-state index in [-0.39, 0.29) is 12.3 Å². The highest BCUT2D eigenvalue weighted by atomic mass is 35.5. The summed E-state index contributed by atoms with van der Waals surface area (Å²) in [6.45, 7) is 2.23. The van der Waals surface area contributed by atoms with Crippen LogP contribution in [-0.4, -0.2) is 12.5 Å². The maximum atomic E-state index is 12.5. The van der Waals surface area contributed by atoms with Crippen molar-refractivity contribution in [3.05, 3.63) is 58.6 Å². The average molecular weight is 358 g/mol. The number of carbonyl (C=O) groups excluding carboxylic acids is 1. The second-order valence-corrected chi connectivity index (χ2v) is 5.43. The fourth-order valence-electron chi connectivity index (χ4n) is 2.07. The molecule has 0 aliphatic carbocycles. The third-order valence-electron chi connectivity index (χ3n) is 3.16. The van der Waals surface area contributed by atoms with E-state index in [9.17, 15) is 18.0 Å². The Balaban J connectivity index is 2.07. The van der Waals surface area contributed by atoms with Gasteiger partial charge in [-0.15, -0.1) is 0 Å². The Morgan fingerprint density at radius 2 is 1.83 bits per heavy atom. The number of anilines is 1. The maximum absolute atomic E-state index is 12.5. The zero-order chi connectivity index (χ0) is 17.7. The van der Waals surface area contributed by atoms with Gasteiger partial charge in [-0.05, 0) is 42.8 Å². The van der Waals surface area contributed by atoms with Crippen LogP contribution in [0.15, 0.2) is 42.5 Å². The van der Waals surface area contributed by atoms with Crippen LogP contribution in [0.5, 0.6) is 5.75 Å². The van der Waals surface area contributed by atoms with Gasteiger partial charge in [-0.1, -0.05) is 23.7 Å². The predicted molar refractivity (Wildman–Crippen MR) is 86.4 cm³/mol. The fraction of sp³-hybridized carbons (Fsp3) is 0.235. The Bertz CT molecular complexity index is 715. The zero-order valence-corrected chi connectivity index (χ0v) is 13.5. The number of amides is 1. The molecule has 0 aromatic heterocycles. The van der Waals surface area contributed by atoms with E-state index < -0.39 is 11.7 Å². The summed E-state index contributed by atoms with van der Waals surface area (Å²) in [4.78, 5) is 12.1. The van der Waals surface area contributed by atoms with E-state index in [0.717, 1.165) is 12.1 Å². The van der Waals surface area contributed by atoms with Gasteiger partial charge in [0.25, 0.3) is 0 Å². The van der Waals surface area contributed by atoms with Crippen LogP contribution < -0.4 is 10.1 Å². The lowest BCUT2D eigenvalue weighted by atomic mass is 10.1. The number of rotatable bonds is 5. The van der Waals surface area contributed by atoms with Crippen molar-refractivity contribution in [3.63, 3.8) is 0 Å². The fourth-order valence-corrected chi connectivity index (χ4v) is 2.24. The van der Waals surface area contributed by atoms with Gasteiger partial charge >= 0.3 is 6.18 Å². The molecule has 0 heterocycles. The lowest BCUT2D eigenvalue weighted by Gasteiger charge is -2.12. The molecule has 2 aromatic rings. The highest BCUT2D eigenvalue weighted by Gasteiger charge is 2.29. The molecule has 0 bridgehead atoms. The van der Waals surface area contributed by atoms with Crippen LogP contribution >= 0.6 is 11.6 Å². The minimum atomic E-state index is -4.39. The molecule has 0 saturated carbocycles. The number of ether oxygens (including phenoxy) is 1. The first-order chi connectivity index (χ1) is 11.3. The number of hydrogen-bond donors (Lipinski definition) is 1. The van der Waals surface area contributed by atoms with Gasteiger partial charge in [0.1, 0.15) is 5.75 Å². The van der Waals surface area contributed by atoms with Crippen molar-refractivity contribution in [2.45, 2.75) is 19.5 Å². The second-order valence-electron chi connectivity index (χ2n) is 4.99. The second kappa shape index (κ2) is 7.57. The maximum Gasteiger partial charge on any atom is 0.416 e. The molecule has 7 heteroatoms. The Kier molecular flexibility index (Phi) is 5.72. The monoisotopic (exact) mass is 357 g/mol. The molecule has 3 nitrogen and oxygen atoms in total. The van der Waals surface area contributed by atoms with Crippen LogP contribution in [0.1, 0.15) is 18.1 Å². The first-order valence-corrected chi connectivity index (χ1v) is 7.55. The first-order valence-electron chi connectivity index (χ1n) is 7.18. The van der Waals surface area contributed by atoms with Crippen LogP contribution in [0.25, 0.3) is 0 Å². The van der Waals surface area contributed by atoms with Crippen LogP contribution in [0.4, 0.5) is 18.9 Å². The van der Waals surface area contributed by atoms with E-state index >= 15 is 0 Å². The van der Waals surface area contributed by atoms with Crippen molar-refractivity contribution in [3.8, 4) is 5.75 Å². The summed E-state index contributed by atoms with van der Waals surface area (Å²) in [6.07, 6.45) is -4.45. The molecule has 0 atom stereocenters. The lowest BCUT2D eigenvalue weighted by molar-refractivity contribution is -0.137. The standard InChI is InChI=1S/C17H15ClF3NO2/c1-2-24-15-8-7-13(18)10-14(15)22-16(23)9-11-3-5-12(6-4-11)17(19,20)21/h3-8,10H,2,9H2,1H3,(H,22,23). The van der Waals surface area contributed by atoms with E-state index in [1.807, 2.05) is 6.92 Å². The summed E-state index contributed by atoms with van der Waals surface area (Å²) >= 11 is 5.91. The summed E-state index contributed by atoms with van der Waals surface area (Å²) in [6, 6.07) is 9.30. The molecular formula is C17H15ClF3NO2. The van der Waals surface area contributed by atoms with E-state index in [2.05, 4.69) is 5.32 Å². The molecule has 0 fully saturated rings. The Hall–Kier alpha value is -2.21. The van der Waals surface area contributed by atoms with Gasteiger partial charge in [0.15, 0.2) is 0 Å². The molecule has 0 saturated heterocycles. The van der Waals surface area contributed by atoms with Crippen molar-refractivity contribution >= 4 is 23.2 Å². The van der Waals surface area contributed by atoms with E-state index in [4.69, 9.17) is 16.3 Å². The Labute approximate surface area is 142 Å². The largest absolute Gasteiger partial charge is 0.492 e. The van der Waals surface area contributed by atoms with Gasteiger partial charge in [0, 0.05) is 5.02 Å². The van der Waals surface area contributed by atoms with Crippen molar-refractivity contribution < 1.29 is 22.7 Å². The molecule has 0 unspecified atom stereocenters. The van der Waals surface area contributed by atoms with Gasteiger partial charge in [-0.25, -0.2) is 0 Å². The smallest absolute Gasteiger partial charge is 0.416 e. The molecule has 2 rings (SSSR count). The Morgan fingerprint density at radius 3 is 2.42 bits per heavy atom. The molecule has 0 spiro atoms. The molecule has 0 radical (unpaired) electrons. The van der Waals surface area contributed by atoms with Gasteiger partial charge in [-0.3, -0.25) is 4.79 Å². The lowest BCUT2D eigenvalue weighted by Crippen LogP contribution is -2.15. The van der Waals surface area contributed by atoms with Gasteiger partial charge in [0.2, 0.25) is 5.91 Å². The van der Waals surface area contributed by atoms with Gasteiger partial charge < -0.3 is 10.1 Å². The zero-order valence-electron chi connectivity index (χ0n) is 12.8. The average Bonchev–Trinajstić information content (AvgIpc) is 2.49. The molecule has 0 aliphatic heterocycles. The quantitative estimate of drug-likeness (QED) is 0.823. The minimum Gasteiger partial charge on any atom is -0.492 e. The summed E-state index contributed by atoms with van der Waals surface area (Å²) in [5, 5.41) is 3.09.